The van der Waals surface area contributed by atoms with E-state index in [1.165, 1.54) is 13.8 Å². The van der Waals surface area contributed by atoms with Crippen molar-refractivity contribution in [3.05, 3.63) is 0 Å². The van der Waals surface area contributed by atoms with Crippen molar-refractivity contribution in [3.8, 4) is 0 Å². The van der Waals surface area contributed by atoms with Gasteiger partial charge in [-0.2, -0.15) is 65.9 Å². The zero-order chi connectivity index (χ0) is 25.6. The van der Waals surface area contributed by atoms with Gasteiger partial charge in [-0.3, -0.25) is 0 Å². The predicted octanol–water partition coefficient (Wildman–Crippen LogP) is 6.34. The summed E-state index contributed by atoms with van der Waals surface area (Å²) in [6.45, 7) is 3.50. The molecule has 0 aromatic carbocycles. The zero-order valence-corrected chi connectivity index (χ0v) is 15.3. The molecule has 0 aliphatic carbocycles. The molecule has 1 unspecified atom stereocenters. The van der Waals surface area contributed by atoms with Crippen LogP contribution in [0.5, 0.6) is 0 Å². The van der Waals surface area contributed by atoms with Gasteiger partial charge in [0.1, 0.15) is 0 Å². The summed E-state index contributed by atoms with van der Waals surface area (Å²) in [6.07, 6.45) is -9.77. The fraction of sp³-hybridized carbons (Fsp3) is 0.929. The molecule has 186 valence electrons. The Morgan fingerprint density at radius 2 is 0.935 bits per heavy atom. The minimum Gasteiger partial charge on any atom is -0.458 e. The quantitative estimate of drug-likeness (QED) is 0.274. The second kappa shape index (κ2) is 8.08. The Balaban J connectivity index is 6.35. The second-order valence-corrected chi connectivity index (χ2v) is 6.79. The molecule has 0 aliphatic rings. The number of halogens is 15. The summed E-state index contributed by atoms with van der Waals surface area (Å²) in [5.41, 5.74) is 0. The summed E-state index contributed by atoms with van der Waals surface area (Å²) < 4.78 is 198. The monoisotopic (exact) mass is 498 g/mol. The summed E-state index contributed by atoms with van der Waals surface area (Å²) in [5, 5.41) is 0. The van der Waals surface area contributed by atoms with E-state index in [0.29, 0.717) is 0 Å². The van der Waals surface area contributed by atoms with Crippen molar-refractivity contribution in [2.75, 3.05) is 0 Å². The molecule has 2 nitrogen and oxygen atoms in total. The maximum atomic E-state index is 13.5. The van der Waals surface area contributed by atoms with Gasteiger partial charge in [-0.1, -0.05) is 13.8 Å². The molecule has 0 N–H and O–H groups in total. The summed E-state index contributed by atoms with van der Waals surface area (Å²) in [5.74, 6) is -52.2. The molecule has 0 saturated carbocycles. The minimum atomic E-state index is -8.43. The number of esters is 1. The van der Waals surface area contributed by atoms with Crippen LogP contribution in [0.3, 0.4) is 0 Å². The second-order valence-electron chi connectivity index (χ2n) is 6.79. The molecule has 0 amide bonds. The van der Waals surface area contributed by atoms with E-state index in [4.69, 9.17) is 0 Å². The first-order valence-electron chi connectivity index (χ1n) is 7.78. The van der Waals surface area contributed by atoms with Crippen molar-refractivity contribution < 1.29 is 75.4 Å². The number of rotatable bonds is 9. The Hall–Kier alpha value is -1.58. The maximum absolute atomic E-state index is 13.5. The van der Waals surface area contributed by atoms with Crippen LogP contribution >= 0.6 is 0 Å². The van der Waals surface area contributed by atoms with E-state index < -0.39 is 59.7 Å². The number of hydrogen-bond acceptors (Lipinski definition) is 2. The summed E-state index contributed by atoms with van der Waals surface area (Å²) in [6, 6.07) is 0. The number of alkyl halides is 15. The van der Waals surface area contributed by atoms with E-state index >= 15 is 0 Å². The third kappa shape index (κ3) is 4.50. The van der Waals surface area contributed by atoms with Gasteiger partial charge in [0.2, 0.25) is 0 Å². The zero-order valence-electron chi connectivity index (χ0n) is 15.3. The van der Waals surface area contributed by atoms with Gasteiger partial charge in [0, 0.05) is 0 Å². The molecule has 0 rings (SSSR count). The van der Waals surface area contributed by atoms with Crippen molar-refractivity contribution in [1.29, 1.82) is 0 Å². The van der Waals surface area contributed by atoms with Crippen molar-refractivity contribution in [1.82, 2.24) is 0 Å². The van der Waals surface area contributed by atoms with E-state index in [2.05, 4.69) is 4.74 Å². The fourth-order valence-electron chi connectivity index (χ4n) is 2.06. The first-order chi connectivity index (χ1) is 13.2. The van der Waals surface area contributed by atoms with Crippen LogP contribution in [0, 0.1) is 5.92 Å². The lowest BCUT2D eigenvalue weighted by molar-refractivity contribution is -0.450. The van der Waals surface area contributed by atoms with Gasteiger partial charge in [0.05, 0.1) is 6.10 Å². The third-order valence-corrected chi connectivity index (χ3v) is 3.70. The minimum absolute atomic E-state index is 0.365. The third-order valence-electron chi connectivity index (χ3n) is 3.70. The van der Waals surface area contributed by atoms with Crippen LogP contribution in [0.1, 0.15) is 27.2 Å². The highest BCUT2D eigenvalue weighted by Gasteiger charge is 2.94. The van der Waals surface area contributed by atoms with E-state index in [-0.39, 0.29) is 6.42 Å². The van der Waals surface area contributed by atoms with Crippen molar-refractivity contribution in [2.24, 2.45) is 5.92 Å². The van der Waals surface area contributed by atoms with Gasteiger partial charge < -0.3 is 4.74 Å². The molecule has 0 radical (unpaired) electrons. The summed E-state index contributed by atoms with van der Waals surface area (Å²) >= 11 is 0. The van der Waals surface area contributed by atoms with Crippen LogP contribution in [0.2, 0.25) is 0 Å². The van der Waals surface area contributed by atoms with Crippen LogP contribution in [0.25, 0.3) is 0 Å². The maximum Gasteiger partial charge on any atom is 0.460 e. The number of carbonyl (C=O) groups is 1. The molecule has 0 spiro atoms. The molecule has 31 heavy (non-hydrogen) atoms. The highest BCUT2D eigenvalue weighted by Crippen LogP contribution is 2.62. The summed E-state index contributed by atoms with van der Waals surface area (Å²) in [4.78, 5) is 11.1. The molecule has 0 heterocycles. The van der Waals surface area contributed by atoms with Crippen molar-refractivity contribution in [3.63, 3.8) is 0 Å². The number of ether oxygens (including phenoxy) is 1. The normalized spacial score (nSPS) is 16.5. The molecule has 0 aliphatic heterocycles. The molecule has 17 heteroatoms. The van der Waals surface area contributed by atoms with Crippen LogP contribution in [0.15, 0.2) is 0 Å². The van der Waals surface area contributed by atoms with Crippen molar-refractivity contribution in [2.45, 2.75) is 75.0 Å². The van der Waals surface area contributed by atoms with Gasteiger partial charge in [-0.05, 0) is 19.3 Å². The fourth-order valence-corrected chi connectivity index (χ4v) is 2.06. The van der Waals surface area contributed by atoms with E-state index in [0.717, 1.165) is 6.92 Å². The Morgan fingerprint density at radius 1 is 0.613 bits per heavy atom. The van der Waals surface area contributed by atoms with E-state index in [1.54, 1.807) is 0 Å². The van der Waals surface area contributed by atoms with Crippen LogP contribution in [-0.2, 0) is 9.53 Å². The molecular formula is C14H13F15O2. The lowest BCUT2D eigenvalue weighted by Crippen LogP contribution is -2.73. The number of carbonyl (C=O) groups excluding carboxylic acids is 1. The Bertz CT molecular complexity index is 651. The molecule has 1 atom stereocenters. The van der Waals surface area contributed by atoms with E-state index in [9.17, 15) is 70.7 Å². The Kier molecular flexibility index (Phi) is 7.67. The van der Waals surface area contributed by atoms with Crippen LogP contribution in [-0.4, -0.2) is 53.8 Å². The highest BCUT2D eigenvalue weighted by molar-refractivity contribution is 5.79. The molecule has 0 bridgehead atoms. The first kappa shape index (κ1) is 29.4. The van der Waals surface area contributed by atoms with Gasteiger partial charge in [0.15, 0.2) is 0 Å². The average molecular weight is 498 g/mol. The van der Waals surface area contributed by atoms with Crippen LogP contribution < -0.4 is 0 Å². The van der Waals surface area contributed by atoms with Gasteiger partial charge >= 0.3 is 47.7 Å². The Morgan fingerprint density at radius 3 is 1.26 bits per heavy atom. The number of hydrogen-bond donors (Lipinski definition) is 0. The van der Waals surface area contributed by atoms with E-state index in [1.807, 2.05) is 0 Å². The molecule has 0 fully saturated rings. The van der Waals surface area contributed by atoms with Crippen LogP contribution in [0.4, 0.5) is 65.9 Å². The SMILES string of the molecule is CC(C)CC(C)OC(=O)C(F)(F)C(F)(F)C(F)(F)C(F)(F)C(F)(F)C(F)(F)C(F)(F)F. The van der Waals surface area contributed by atoms with Crippen molar-refractivity contribution >= 4 is 5.97 Å². The largest absolute Gasteiger partial charge is 0.460 e. The smallest absolute Gasteiger partial charge is 0.458 e. The molecular weight excluding hydrogens is 485 g/mol. The molecule has 0 aromatic heterocycles. The average Bonchev–Trinajstić information content (AvgIpc) is 2.51. The highest BCUT2D eigenvalue weighted by atomic mass is 19.4. The summed E-state index contributed by atoms with van der Waals surface area (Å²) in [7, 11) is 0. The first-order valence-corrected chi connectivity index (χ1v) is 7.78. The lowest BCUT2D eigenvalue weighted by Gasteiger charge is -2.41. The lowest BCUT2D eigenvalue weighted by atomic mass is 9.91. The Labute approximate surface area is 163 Å². The molecule has 0 saturated heterocycles. The molecule has 0 aromatic rings. The predicted molar refractivity (Wildman–Crippen MR) is 70.7 cm³/mol. The standard InChI is InChI=1S/C14H13F15O2/c1-5(2)4-6(3)31-7(30)8(15,16)9(17,18)10(19,20)11(21,22)12(23,24)13(25,26)14(27,28)29/h5-6H,4H2,1-3H3. The van der Waals surface area contributed by atoms with Gasteiger partial charge in [-0.15, -0.1) is 0 Å². The van der Waals surface area contributed by atoms with Gasteiger partial charge in [-0.25, -0.2) is 4.79 Å². The topological polar surface area (TPSA) is 26.3 Å². The van der Waals surface area contributed by atoms with Gasteiger partial charge in [0.25, 0.3) is 0 Å².